The number of fused-ring (bicyclic) bond motifs is 2. The van der Waals surface area contributed by atoms with Gasteiger partial charge in [-0.15, -0.1) is 0 Å². The molecule has 1 saturated carbocycles. The van der Waals surface area contributed by atoms with Crippen LogP contribution >= 0.6 is 0 Å². The van der Waals surface area contributed by atoms with Gasteiger partial charge in [0.15, 0.2) is 11.5 Å². The van der Waals surface area contributed by atoms with Crippen molar-refractivity contribution >= 4 is 45.8 Å². The lowest BCUT2D eigenvalue weighted by Gasteiger charge is -2.46. The Hall–Kier alpha value is -4.56. The SMILES string of the molecule is COC1CCC(N2c3nc(Nc4cnc5[nH]ncc5c4)ncc3N(c3cccc(C#N)c3)C(=O)[C@H]2C)CC1. The number of rotatable bonds is 5. The van der Waals surface area contributed by atoms with Crippen LogP contribution in [0.4, 0.5) is 28.8 Å². The molecule has 0 unspecified atom stereocenters. The van der Waals surface area contributed by atoms with E-state index in [9.17, 15) is 10.1 Å². The quantitative estimate of drug-likeness (QED) is 0.406. The Kier molecular flexibility index (Phi) is 6.09. The molecule has 0 saturated heterocycles. The molecule has 1 atom stereocenters. The standard InChI is InChI=1S/C27H27N9O2/c1-16-26(37)36(21-5-3-4-17(10-21)12-28)23-15-30-27(32-19-11-18-13-31-34-24(18)29-14-19)33-25(23)35(16)20-6-8-22(38-2)9-7-20/h3-5,10-11,13-16,20,22H,6-9H2,1-2H3,(H,29,31,34)(H,30,32,33)/t16-,20?,22?/m1/s1. The molecule has 1 amide bonds. The van der Waals surface area contributed by atoms with Crippen molar-refractivity contribution in [3.05, 3.63) is 54.5 Å². The Labute approximate surface area is 219 Å². The van der Waals surface area contributed by atoms with Crippen molar-refractivity contribution in [1.82, 2.24) is 25.1 Å². The van der Waals surface area contributed by atoms with E-state index in [1.54, 1.807) is 48.8 Å². The number of aromatic amines is 1. The number of pyridine rings is 1. The first-order valence-electron chi connectivity index (χ1n) is 12.6. The average molecular weight is 510 g/mol. The number of amides is 1. The molecule has 4 heterocycles. The zero-order chi connectivity index (χ0) is 26.2. The number of carbonyl (C=O) groups excluding carboxylic acids is 1. The van der Waals surface area contributed by atoms with Gasteiger partial charge in [-0.1, -0.05) is 6.07 Å². The van der Waals surface area contributed by atoms with Gasteiger partial charge in [-0.2, -0.15) is 15.3 Å². The number of benzene rings is 1. The van der Waals surface area contributed by atoms with Crippen LogP contribution in [0.2, 0.25) is 0 Å². The van der Waals surface area contributed by atoms with Crippen molar-refractivity contribution in [1.29, 1.82) is 5.26 Å². The van der Waals surface area contributed by atoms with Gasteiger partial charge >= 0.3 is 0 Å². The predicted molar refractivity (Wildman–Crippen MR) is 143 cm³/mol. The molecule has 11 nitrogen and oxygen atoms in total. The number of nitriles is 1. The maximum absolute atomic E-state index is 13.8. The highest BCUT2D eigenvalue weighted by molar-refractivity contribution is 6.10. The van der Waals surface area contributed by atoms with Crippen LogP contribution in [0.3, 0.4) is 0 Å². The molecule has 192 valence electrons. The summed E-state index contributed by atoms with van der Waals surface area (Å²) in [6.07, 6.45) is 8.95. The second-order valence-electron chi connectivity index (χ2n) is 9.64. The number of hydrogen-bond donors (Lipinski definition) is 2. The number of nitrogens with one attached hydrogen (secondary N) is 2. The van der Waals surface area contributed by atoms with Gasteiger partial charge in [0.2, 0.25) is 5.95 Å². The number of H-pyrrole nitrogens is 1. The molecular formula is C27H27N9O2. The smallest absolute Gasteiger partial charge is 0.254 e. The van der Waals surface area contributed by atoms with Crippen molar-refractivity contribution in [3.63, 3.8) is 0 Å². The molecule has 3 aromatic heterocycles. The van der Waals surface area contributed by atoms with E-state index in [0.29, 0.717) is 34.4 Å². The van der Waals surface area contributed by atoms with Crippen molar-refractivity contribution < 1.29 is 9.53 Å². The van der Waals surface area contributed by atoms with Gasteiger partial charge in [0.1, 0.15) is 11.7 Å². The summed E-state index contributed by atoms with van der Waals surface area (Å²) in [6.45, 7) is 1.92. The van der Waals surface area contributed by atoms with Crippen LogP contribution in [0.1, 0.15) is 38.2 Å². The molecule has 4 aromatic rings. The number of methoxy groups -OCH3 is 1. The normalized spacial score (nSPS) is 21.3. The fourth-order valence-corrected chi connectivity index (χ4v) is 5.45. The molecule has 1 aliphatic carbocycles. The number of ether oxygens (including phenoxy) is 1. The van der Waals surface area contributed by atoms with E-state index in [1.165, 1.54) is 0 Å². The van der Waals surface area contributed by atoms with E-state index >= 15 is 0 Å². The first-order chi connectivity index (χ1) is 18.6. The molecule has 38 heavy (non-hydrogen) atoms. The van der Waals surface area contributed by atoms with Crippen molar-refractivity contribution in [2.75, 3.05) is 22.2 Å². The lowest BCUT2D eigenvalue weighted by Crippen LogP contribution is -2.55. The molecule has 6 rings (SSSR count). The highest BCUT2D eigenvalue weighted by Crippen LogP contribution is 2.42. The van der Waals surface area contributed by atoms with Crippen LogP contribution in [0.25, 0.3) is 11.0 Å². The van der Waals surface area contributed by atoms with Gasteiger partial charge in [0.05, 0.1) is 47.7 Å². The summed E-state index contributed by atoms with van der Waals surface area (Å²) in [5.41, 5.74) is 3.10. The predicted octanol–water partition coefficient (Wildman–Crippen LogP) is 4.19. The number of nitrogens with zero attached hydrogens (tertiary/aromatic N) is 7. The molecule has 2 aliphatic rings. The Bertz CT molecular complexity index is 1540. The molecule has 1 fully saturated rings. The van der Waals surface area contributed by atoms with Crippen LogP contribution in [0.5, 0.6) is 0 Å². The minimum Gasteiger partial charge on any atom is -0.381 e. The van der Waals surface area contributed by atoms with Gasteiger partial charge < -0.3 is 15.0 Å². The first-order valence-corrected chi connectivity index (χ1v) is 12.6. The van der Waals surface area contributed by atoms with Crippen LogP contribution in [0.15, 0.2) is 48.9 Å². The highest BCUT2D eigenvalue weighted by Gasteiger charge is 2.42. The van der Waals surface area contributed by atoms with Gasteiger partial charge in [-0.25, -0.2) is 9.97 Å². The summed E-state index contributed by atoms with van der Waals surface area (Å²) in [4.78, 5) is 31.5. The van der Waals surface area contributed by atoms with Crippen molar-refractivity contribution in [2.45, 2.75) is 50.8 Å². The zero-order valence-corrected chi connectivity index (χ0v) is 21.1. The summed E-state index contributed by atoms with van der Waals surface area (Å²) in [5.74, 6) is 0.992. The first kappa shape index (κ1) is 23.8. The molecule has 0 radical (unpaired) electrons. The van der Waals surface area contributed by atoms with E-state index in [4.69, 9.17) is 9.72 Å². The fourth-order valence-electron chi connectivity index (χ4n) is 5.45. The molecule has 11 heteroatoms. The minimum absolute atomic E-state index is 0.0830. The van der Waals surface area contributed by atoms with Gasteiger partial charge in [-0.05, 0) is 56.9 Å². The second kappa shape index (κ2) is 9.72. The van der Waals surface area contributed by atoms with E-state index in [2.05, 4.69) is 36.5 Å². The van der Waals surface area contributed by atoms with Crippen molar-refractivity contribution in [3.8, 4) is 6.07 Å². The number of hydrogen-bond acceptors (Lipinski definition) is 9. The Morgan fingerprint density at radius 2 is 1.97 bits per heavy atom. The largest absolute Gasteiger partial charge is 0.381 e. The summed E-state index contributed by atoms with van der Waals surface area (Å²) in [6, 6.07) is 10.8. The van der Waals surface area contributed by atoms with E-state index in [0.717, 1.165) is 36.8 Å². The Balaban J connectivity index is 1.42. The van der Waals surface area contributed by atoms with E-state index in [1.807, 2.05) is 19.1 Å². The van der Waals surface area contributed by atoms with Crippen LogP contribution in [-0.2, 0) is 9.53 Å². The molecular weight excluding hydrogens is 482 g/mol. The molecule has 1 aliphatic heterocycles. The topological polar surface area (TPSA) is 136 Å². The van der Waals surface area contributed by atoms with Gasteiger partial charge in [0.25, 0.3) is 5.91 Å². The third kappa shape index (κ3) is 4.18. The summed E-state index contributed by atoms with van der Waals surface area (Å²) in [7, 11) is 1.75. The van der Waals surface area contributed by atoms with E-state index in [-0.39, 0.29) is 18.1 Å². The maximum Gasteiger partial charge on any atom is 0.254 e. The number of carbonyl (C=O) groups is 1. The fraction of sp³-hybridized carbons (Fsp3) is 0.333. The van der Waals surface area contributed by atoms with Crippen LogP contribution in [-0.4, -0.2) is 56.4 Å². The third-order valence-corrected chi connectivity index (χ3v) is 7.38. The van der Waals surface area contributed by atoms with Crippen LogP contribution in [0, 0.1) is 11.3 Å². The Morgan fingerprint density at radius 1 is 1.13 bits per heavy atom. The number of aromatic nitrogens is 5. The van der Waals surface area contributed by atoms with Crippen molar-refractivity contribution in [2.24, 2.45) is 0 Å². The lowest BCUT2D eigenvalue weighted by atomic mass is 9.90. The molecule has 1 aromatic carbocycles. The van der Waals surface area contributed by atoms with E-state index < -0.39 is 6.04 Å². The summed E-state index contributed by atoms with van der Waals surface area (Å²) >= 11 is 0. The Morgan fingerprint density at radius 3 is 2.76 bits per heavy atom. The highest BCUT2D eigenvalue weighted by atomic mass is 16.5. The molecule has 0 spiro atoms. The second-order valence-corrected chi connectivity index (χ2v) is 9.64. The molecule has 0 bridgehead atoms. The number of anilines is 5. The third-order valence-electron chi connectivity index (χ3n) is 7.38. The summed E-state index contributed by atoms with van der Waals surface area (Å²) < 4.78 is 5.58. The monoisotopic (exact) mass is 509 g/mol. The lowest BCUT2D eigenvalue weighted by molar-refractivity contribution is -0.119. The van der Waals surface area contributed by atoms with Gasteiger partial charge in [-0.3, -0.25) is 14.8 Å². The van der Waals surface area contributed by atoms with Gasteiger partial charge in [0, 0.05) is 18.5 Å². The maximum atomic E-state index is 13.8. The summed E-state index contributed by atoms with van der Waals surface area (Å²) in [5, 5.41) is 20.4. The molecule has 2 N–H and O–H groups in total. The van der Waals surface area contributed by atoms with Crippen LogP contribution < -0.4 is 15.1 Å². The zero-order valence-electron chi connectivity index (χ0n) is 21.1. The average Bonchev–Trinajstić information content (AvgIpc) is 3.42. The minimum atomic E-state index is -0.455.